The number of nitrogens with zero attached hydrogens (tertiary/aromatic N) is 2. The second kappa shape index (κ2) is 7.24. The summed E-state index contributed by atoms with van der Waals surface area (Å²) in [6.45, 7) is 4.12. The van der Waals surface area contributed by atoms with Gasteiger partial charge in [-0.1, -0.05) is 55.8 Å². The van der Waals surface area contributed by atoms with Crippen LogP contribution in [0.1, 0.15) is 25.0 Å². The van der Waals surface area contributed by atoms with Crippen LogP contribution < -0.4 is 5.32 Å². The van der Waals surface area contributed by atoms with Crippen LogP contribution in [0.5, 0.6) is 0 Å². The van der Waals surface area contributed by atoms with Crippen LogP contribution in [0.2, 0.25) is 5.15 Å². The molecule has 22 heavy (non-hydrogen) atoms. The summed E-state index contributed by atoms with van der Waals surface area (Å²) in [5.74, 6) is -0.214. The van der Waals surface area contributed by atoms with Gasteiger partial charge in [-0.05, 0) is 24.0 Å². The minimum atomic E-state index is -0.570. The lowest BCUT2D eigenvalue weighted by molar-refractivity contribution is 0.514. The molecule has 0 unspecified atom stereocenters. The van der Waals surface area contributed by atoms with E-state index in [2.05, 4.69) is 24.1 Å². The molecule has 114 valence electrons. The SMILES string of the molecule is CC(C)[C@@H](Cc1ccccc1)Nc1nc(Cl)c(C#N)cc1F. The fourth-order valence-corrected chi connectivity index (χ4v) is 2.32. The summed E-state index contributed by atoms with van der Waals surface area (Å²) in [6, 6.07) is 12.9. The molecule has 0 saturated carbocycles. The normalized spacial score (nSPS) is 12.0. The van der Waals surface area contributed by atoms with Gasteiger partial charge < -0.3 is 5.32 Å². The Morgan fingerprint density at radius 1 is 1.32 bits per heavy atom. The molecule has 1 aromatic carbocycles. The van der Waals surface area contributed by atoms with Crippen LogP contribution in [0.4, 0.5) is 10.2 Å². The van der Waals surface area contributed by atoms with Gasteiger partial charge in [0.25, 0.3) is 0 Å². The average molecular weight is 318 g/mol. The standard InChI is InChI=1S/C17H17ClFN3/c1-11(2)15(8-12-6-4-3-5-7-12)21-17-14(19)9-13(10-20)16(18)22-17/h3-7,9,11,15H,8H2,1-2H3,(H,21,22)/t15-/m1/s1. The molecule has 3 nitrogen and oxygen atoms in total. The number of halogens is 2. The molecule has 0 bridgehead atoms. The molecule has 1 aromatic heterocycles. The molecule has 2 aromatic rings. The van der Waals surface area contributed by atoms with E-state index in [9.17, 15) is 4.39 Å². The first-order chi connectivity index (χ1) is 10.5. The third-order valence-corrected chi connectivity index (χ3v) is 3.76. The van der Waals surface area contributed by atoms with Gasteiger partial charge in [0.15, 0.2) is 11.6 Å². The van der Waals surface area contributed by atoms with Gasteiger partial charge in [0.05, 0.1) is 5.56 Å². The van der Waals surface area contributed by atoms with Crippen LogP contribution >= 0.6 is 11.6 Å². The van der Waals surface area contributed by atoms with E-state index in [-0.39, 0.29) is 28.5 Å². The third kappa shape index (κ3) is 3.96. The van der Waals surface area contributed by atoms with Crippen LogP contribution in [-0.4, -0.2) is 11.0 Å². The van der Waals surface area contributed by atoms with Gasteiger partial charge in [-0.3, -0.25) is 0 Å². The third-order valence-electron chi connectivity index (χ3n) is 3.48. The average Bonchev–Trinajstić information content (AvgIpc) is 2.50. The number of nitrogens with one attached hydrogen (secondary N) is 1. The molecular weight excluding hydrogens is 301 g/mol. The molecule has 0 radical (unpaired) electrons. The minimum absolute atomic E-state index is 0.00778. The highest BCUT2D eigenvalue weighted by molar-refractivity contribution is 6.30. The molecule has 5 heteroatoms. The zero-order valence-electron chi connectivity index (χ0n) is 12.5. The number of rotatable bonds is 5. The molecule has 0 aliphatic rings. The van der Waals surface area contributed by atoms with E-state index in [1.165, 1.54) is 0 Å². The zero-order valence-corrected chi connectivity index (χ0v) is 13.2. The molecule has 0 aliphatic heterocycles. The predicted octanol–water partition coefficient (Wildman–Crippen LogP) is 4.42. The van der Waals surface area contributed by atoms with Gasteiger partial charge >= 0.3 is 0 Å². The van der Waals surface area contributed by atoms with Gasteiger partial charge in [0, 0.05) is 6.04 Å². The maximum Gasteiger partial charge on any atom is 0.166 e. The van der Waals surface area contributed by atoms with E-state index in [1.807, 2.05) is 36.4 Å². The summed E-state index contributed by atoms with van der Waals surface area (Å²) in [4.78, 5) is 3.96. The smallest absolute Gasteiger partial charge is 0.166 e. The summed E-state index contributed by atoms with van der Waals surface area (Å²) in [5.41, 5.74) is 1.20. The second-order valence-electron chi connectivity index (χ2n) is 5.45. The second-order valence-corrected chi connectivity index (χ2v) is 5.81. The summed E-state index contributed by atoms with van der Waals surface area (Å²) in [6.07, 6.45) is 0.747. The van der Waals surface area contributed by atoms with Crippen molar-refractivity contribution < 1.29 is 4.39 Å². The molecule has 0 aliphatic carbocycles. The van der Waals surface area contributed by atoms with Crippen molar-refractivity contribution in [3.8, 4) is 6.07 Å². The van der Waals surface area contributed by atoms with Crippen LogP contribution in [0, 0.1) is 23.1 Å². The van der Waals surface area contributed by atoms with Gasteiger partial charge in [-0.25, -0.2) is 9.37 Å². The molecule has 0 amide bonds. The Kier molecular flexibility index (Phi) is 5.35. The van der Waals surface area contributed by atoms with Gasteiger partial charge in [-0.15, -0.1) is 0 Å². The van der Waals surface area contributed by atoms with E-state index in [0.29, 0.717) is 0 Å². The molecule has 0 fully saturated rings. The summed E-state index contributed by atoms with van der Waals surface area (Å²) < 4.78 is 14.0. The molecule has 0 saturated heterocycles. The van der Waals surface area contributed by atoms with E-state index < -0.39 is 5.82 Å². The maximum atomic E-state index is 14.0. The number of hydrogen-bond donors (Lipinski definition) is 1. The van der Waals surface area contributed by atoms with Crippen molar-refractivity contribution in [3.63, 3.8) is 0 Å². The first kappa shape index (κ1) is 16.3. The number of hydrogen-bond acceptors (Lipinski definition) is 3. The number of anilines is 1. The first-order valence-electron chi connectivity index (χ1n) is 7.08. The van der Waals surface area contributed by atoms with Crippen molar-refractivity contribution in [1.29, 1.82) is 5.26 Å². The minimum Gasteiger partial charge on any atom is -0.364 e. The highest BCUT2D eigenvalue weighted by Crippen LogP contribution is 2.22. The van der Waals surface area contributed by atoms with Gasteiger partial charge in [0.1, 0.15) is 11.2 Å². The Morgan fingerprint density at radius 2 is 2.00 bits per heavy atom. The largest absolute Gasteiger partial charge is 0.364 e. The maximum absolute atomic E-state index is 14.0. The molecule has 1 heterocycles. The van der Waals surface area contributed by atoms with Crippen molar-refractivity contribution in [1.82, 2.24) is 4.98 Å². The molecular formula is C17H17ClFN3. The molecule has 1 N–H and O–H groups in total. The Morgan fingerprint density at radius 3 is 2.59 bits per heavy atom. The summed E-state index contributed by atoms with van der Waals surface area (Å²) >= 11 is 5.88. The van der Waals surface area contributed by atoms with Crippen molar-refractivity contribution in [2.24, 2.45) is 5.92 Å². The van der Waals surface area contributed by atoms with Crippen LogP contribution in [0.25, 0.3) is 0 Å². The van der Waals surface area contributed by atoms with E-state index >= 15 is 0 Å². The highest BCUT2D eigenvalue weighted by atomic mass is 35.5. The Hall–Kier alpha value is -2.12. The lowest BCUT2D eigenvalue weighted by Gasteiger charge is -2.23. The lowest BCUT2D eigenvalue weighted by atomic mass is 9.96. The van der Waals surface area contributed by atoms with Crippen molar-refractivity contribution in [2.45, 2.75) is 26.3 Å². The predicted molar refractivity (Wildman–Crippen MR) is 86.3 cm³/mol. The molecule has 0 spiro atoms. The highest BCUT2D eigenvalue weighted by Gasteiger charge is 2.18. The monoisotopic (exact) mass is 317 g/mol. The number of nitriles is 1. The van der Waals surface area contributed by atoms with E-state index in [1.54, 1.807) is 0 Å². The zero-order chi connectivity index (χ0) is 16.1. The Bertz CT molecular complexity index is 680. The number of pyridine rings is 1. The quantitative estimate of drug-likeness (QED) is 0.830. The summed E-state index contributed by atoms with van der Waals surface area (Å²) in [5, 5.41) is 12.0. The fraction of sp³-hybridized carbons (Fsp3) is 0.294. The Labute approximate surface area is 134 Å². The molecule has 1 atom stereocenters. The van der Waals surface area contributed by atoms with Crippen molar-refractivity contribution in [3.05, 3.63) is 58.5 Å². The van der Waals surface area contributed by atoms with Crippen LogP contribution in [0.15, 0.2) is 36.4 Å². The first-order valence-corrected chi connectivity index (χ1v) is 7.45. The molecule has 2 rings (SSSR count). The Balaban J connectivity index is 2.22. The van der Waals surface area contributed by atoms with Crippen molar-refractivity contribution in [2.75, 3.05) is 5.32 Å². The topological polar surface area (TPSA) is 48.7 Å². The summed E-state index contributed by atoms with van der Waals surface area (Å²) in [7, 11) is 0. The number of aromatic nitrogens is 1. The van der Waals surface area contributed by atoms with Crippen molar-refractivity contribution >= 4 is 17.4 Å². The van der Waals surface area contributed by atoms with Gasteiger partial charge in [-0.2, -0.15) is 5.26 Å². The van der Waals surface area contributed by atoms with Gasteiger partial charge in [0.2, 0.25) is 0 Å². The van der Waals surface area contributed by atoms with E-state index in [4.69, 9.17) is 16.9 Å². The van der Waals surface area contributed by atoms with Crippen LogP contribution in [-0.2, 0) is 6.42 Å². The lowest BCUT2D eigenvalue weighted by Crippen LogP contribution is -2.29. The number of benzene rings is 1. The van der Waals surface area contributed by atoms with E-state index in [0.717, 1.165) is 18.1 Å². The van der Waals surface area contributed by atoms with Crippen LogP contribution in [0.3, 0.4) is 0 Å². The fourth-order valence-electron chi connectivity index (χ4n) is 2.14.